The van der Waals surface area contributed by atoms with Crippen LogP contribution in [0.3, 0.4) is 0 Å². The molecule has 2 atom stereocenters. The van der Waals surface area contributed by atoms with Gasteiger partial charge in [-0.2, -0.15) is 0 Å². The van der Waals surface area contributed by atoms with Crippen LogP contribution in [0.5, 0.6) is 0 Å². The summed E-state index contributed by atoms with van der Waals surface area (Å²) in [6, 6.07) is 0.820. The fourth-order valence-electron chi connectivity index (χ4n) is 3.79. The zero-order valence-corrected chi connectivity index (χ0v) is 11.7. The van der Waals surface area contributed by atoms with Gasteiger partial charge in [0.05, 0.1) is 0 Å². The first-order valence-corrected chi connectivity index (χ1v) is 6.84. The summed E-state index contributed by atoms with van der Waals surface area (Å²) in [7, 11) is 2.32. The second kappa shape index (κ2) is 3.99. The van der Waals surface area contributed by atoms with Gasteiger partial charge in [-0.15, -0.1) is 0 Å². The molecule has 2 nitrogen and oxygen atoms in total. The summed E-state index contributed by atoms with van der Waals surface area (Å²) in [6.07, 6.45) is 4.27. The summed E-state index contributed by atoms with van der Waals surface area (Å²) in [4.78, 5) is 5.31. The Morgan fingerprint density at radius 1 is 1.31 bits per heavy atom. The van der Waals surface area contributed by atoms with Crippen LogP contribution in [0.4, 0.5) is 0 Å². The van der Waals surface area contributed by atoms with Gasteiger partial charge < -0.3 is 4.90 Å². The molecule has 1 heterocycles. The van der Waals surface area contributed by atoms with Gasteiger partial charge in [0.2, 0.25) is 0 Å². The van der Waals surface area contributed by atoms with E-state index >= 15 is 0 Å². The standard InChI is InChI=1S/C14H28N2/c1-6-16-10-9-14(16)8-7-12(14)15(5)11-13(2,3)4/h12H,6-11H2,1-5H3. The summed E-state index contributed by atoms with van der Waals surface area (Å²) >= 11 is 0. The summed E-state index contributed by atoms with van der Waals surface area (Å²) in [5, 5.41) is 0. The molecule has 1 aliphatic heterocycles. The largest absolute Gasteiger partial charge is 0.301 e. The van der Waals surface area contributed by atoms with Crippen molar-refractivity contribution in [1.29, 1.82) is 0 Å². The minimum absolute atomic E-state index is 0.423. The highest BCUT2D eigenvalue weighted by atomic mass is 15.3. The van der Waals surface area contributed by atoms with Gasteiger partial charge in [0.25, 0.3) is 0 Å². The van der Waals surface area contributed by atoms with Crippen molar-refractivity contribution < 1.29 is 0 Å². The van der Waals surface area contributed by atoms with Gasteiger partial charge in [-0.25, -0.2) is 0 Å². The van der Waals surface area contributed by atoms with E-state index in [0.29, 0.717) is 11.0 Å². The molecule has 0 radical (unpaired) electrons. The average molecular weight is 224 g/mol. The molecule has 2 rings (SSSR count). The highest BCUT2D eigenvalue weighted by Gasteiger charge is 2.56. The van der Waals surface area contributed by atoms with Crippen LogP contribution in [-0.2, 0) is 0 Å². The van der Waals surface area contributed by atoms with Gasteiger partial charge in [0, 0.05) is 24.7 Å². The van der Waals surface area contributed by atoms with Crippen molar-refractivity contribution in [3.8, 4) is 0 Å². The molecule has 0 amide bonds. The summed E-state index contributed by atoms with van der Waals surface area (Å²) in [5.41, 5.74) is 1.00. The number of hydrogen-bond acceptors (Lipinski definition) is 2. The number of hydrogen-bond donors (Lipinski definition) is 0. The lowest BCUT2D eigenvalue weighted by molar-refractivity contribution is -0.135. The van der Waals surface area contributed by atoms with Gasteiger partial charge in [-0.3, -0.25) is 4.90 Å². The van der Waals surface area contributed by atoms with E-state index in [1.165, 1.54) is 38.9 Å². The minimum Gasteiger partial charge on any atom is -0.301 e. The van der Waals surface area contributed by atoms with Crippen molar-refractivity contribution in [3.05, 3.63) is 0 Å². The smallest absolute Gasteiger partial charge is 0.0377 e. The van der Waals surface area contributed by atoms with E-state index in [1.54, 1.807) is 0 Å². The Morgan fingerprint density at radius 3 is 2.31 bits per heavy atom. The molecule has 2 heteroatoms. The van der Waals surface area contributed by atoms with Crippen LogP contribution in [0.15, 0.2) is 0 Å². The first kappa shape index (κ1) is 12.4. The lowest BCUT2D eigenvalue weighted by Crippen LogP contribution is -2.74. The van der Waals surface area contributed by atoms with Crippen LogP contribution in [0.2, 0.25) is 0 Å². The molecular formula is C14H28N2. The van der Waals surface area contributed by atoms with Crippen molar-refractivity contribution in [2.24, 2.45) is 5.41 Å². The lowest BCUT2D eigenvalue weighted by atomic mass is 9.63. The molecule has 0 aromatic heterocycles. The van der Waals surface area contributed by atoms with Crippen LogP contribution in [0, 0.1) is 5.41 Å². The molecule has 0 aromatic rings. The van der Waals surface area contributed by atoms with E-state index in [-0.39, 0.29) is 0 Å². The van der Waals surface area contributed by atoms with Crippen molar-refractivity contribution in [1.82, 2.24) is 9.80 Å². The molecule has 94 valence electrons. The maximum atomic E-state index is 2.69. The van der Waals surface area contributed by atoms with E-state index in [2.05, 4.69) is 44.5 Å². The Kier molecular flexibility index (Phi) is 3.09. The third-order valence-electron chi connectivity index (χ3n) is 4.55. The summed E-state index contributed by atoms with van der Waals surface area (Å²) in [6.45, 7) is 13.1. The van der Waals surface area contributed by atoms with E-state index in [4.69, 9.17) is 0 Å². The Morgan fingerprint density at radius 2 is 2.00 bits per heavy atom. The van der Waals surface area contributed by atoms with Crippen molar-refractivity contribution in [2.75, 3.05) is 26.7 Å². The highest BCUT2D eigenvalue weighted by molar-refractivity contribution is 5.14. The van der Waals surface area contributed by atoms with Gasteiger partial charge in [-0.1, -0.05) is 27.7 Å². The number of likely N-dealkylation sites (tertiary alicyclic amines) is 1. The molecule has 16 heavy (non-hydrogen) atoms. The van der Waals surface area contributed by atoms with Crippen LogP contribution >= 0.6 is 0 Å². The van der Waals surface area contributed by atoms with Crippen LogP contribution in [0.25, 0.3) is 0 Å². The predicted molar refractivity (Wildman–Crippen MR) is 69.7 cm³/mol. The monoisotopic (exact) mass is 224 g/mol. The van der Waals surface area contributed by atoms with Crippen molar-refractivity contribution in [3.63, 3.8) is 0 Å². The first-order valence-electron chi connectivity index (χ1n) is 6.84. The Labute approximate surface area is 101 Å². The molecule has 0 aromatic carbocycles. The molecule has 1 aliphatic carbocycles. The second-order valence-electron chi connectivity index (χ2n) is 6.96. The second-order valence-corrected chi connectivity index (χ2v) is 6.96. The van der Waals surface area contributed by atoms with E-state index < -0.39 is 0 Å². The Bertz CT molecular complexity index is 250. The number of likely N-dealkylation sites (N-methyl/N-ethyl adjacent to an activating group) is 2. The topological polar surface area (TPSA) is 6.48 Å². The van der Waals surface area contributed by atoms with Gasteiger partial charge in [0.15, 0.2) is 0 Å². The lowest BCUT2D eigenvalue weighted by Gasteiger charge is -2.65. The molecule has 1 saturated heterocycles. The van der Waals surface area contributed by atoms with Crippen LogP contribution in [-0.4, -0.2) is 48.1 Å². The van der Waals surface area contributed by atoms with Gasteiger partial charge in [-0.05, 0) is 38.3 Å². The zero-order chi connectivity index (χ0) is 12.0. The third-order valence-corrected chi connectivity index (χ3v) is 4.55. The molecule has 2 fully saturated rings. The zero-order valence-electron chi connectivity index (χ0n) is 11.7. The van der Waals surface area contributed by atoms with Crippen LogP contribution in [0.1, 0.15) is 47.0 Å². The normalized spacial score (nSPS) is 35.2. The number of nitrogens with zero attached hydrogens (tertiary/aromatic N) is 2. The molecule has 0 bridgehead atoms. The average Bonchev–Trinajstić information content (AvgIpc) is 1.96. The molecular weight excluding hydrogens is 196 g/mol. The van der Waals surface area contributed by atoms with E-state index in [0.717, 1.165) is 6.04 Å². The predicted octanol–water partition coefficient (Wildman–Crippen LogP) is 2.59. The molecule has 2 unspecified atom stereocenters. The minimum atomic E-state index is 0.423. The fraction of sp³-hybridized carbons (Fsp3) is 1.00. The Hall–Kier alpha value is -0.0800. The molecule has 1 spiro atoms. The van der Waals surface area contributed by atoms with Crippen LogP contribution < -0.4 is 0 Å². The Balaban J connectivity index is 1.96. The van der Waals surface area contributed by atoms with Gasteiger partial charge >= 0.3 is 0 Å². The maximum Gasteiger partial charge on any atom is 0.0377 e. The van der Waals surface area contributed by atoms with Crippen molar-refractivity contribution >= 4 is 0 Å². The summed E-state index contributed by atoms with van der Waals surface area (Å²) in [5.74, 6) is 0. The molecule has 2 aliphatic rings. The quantitative estimate of drug-likeness (QED) is 0.727. The highest BCUT2D eigenvalue weighted by Crippen LogP contribution is 2.49. The van der Waals surface area contributed by atoms with E-state index in [1.807, 2.05) is 0 Å². The SMILES string of the molecule is CCN1CCC12CCC2N(C)CC(C)(C)C. The van der Waals surface area contributed by atoms with Crippen molar-refractivity contribution in [2.45, 2.75) is 58.5 Å². The first-order chi connectivity index (χ1) is 7.39. The summed E-state index contributed by atoms with van der Waals surface area (Å²) < 4.78 is 0. The maximum absolute atomic E-state index is 2.69. The fourth-order valence-corrected chi connectivity index (χ4v) is 3.79. The van der Waals surface area contributed by atoms with Gasteiger partial charge in [0.1, 0.15) is 0 Å². The molecule has 0 N–H and O–H groups in total. The van der Waals surface area contributed by atoms with E-state index in [9.17, 15) is 0 Å². The molecule has 1 saturated carbocycles. The third kappa shape index (κ3) is 1.91. The number of rotatable bonds is 3.